The van der Waals surface area contributed by atoms with E-state index in [2.05, 4.69) is 4.98 Å². The molecule has 0 aliphatic carbocycles. The summed E-state index contributed by atoms with van der Waals surface area (Å²) in [6.45, 7) is 0. The summed E-state index contributed by atoms with van der Waals surface area (Å²) in [5.74, 6) is 0.193. The fourth-order valence-corrected chi connectivity index (χ4v) is 1.66. The molecule has 1 aromatic rings. The molecule has 1 aromatic heterocycles. The quantitative estimate of drug-likeness (QED) is 0.579. The number of aromatic nitrogens is 1. The van der Waals surface area contributed by atoms with Crippen molar-refractivity contribution in [2.75, 3.05) is 12.0 Å². The zero-order chi connectivity index (χ0) is 9.90. The number of hydrogen-bond donors (Lipinski definition) is 0. The number of sulfone groups is 1. The van der Waals surface area contributed by atoms with Crippen molar-refractivity contribution < 1.29 is 8.42 Å². The van der Waals surface area contributed by atoms with Crippen LogP contribution in [0, 0.1) is 0 Å². The van der Waals surface area contributed by atoms with Crippen molar-refractivity contribution in [2.45, 2.75) is 6.42 Å². The number of hydrogen-bond acceptors (Lipinski definition) is 3. The van der Waals surface area contributed by atoms with Gasteiger partial charge in [-0.25, -0.2) is 8.42 Å². The Bertz CT molecular complexity index is 389. The third-order valence-electron chi connectivity index (χ3n) is 1.69. The summed E-state index contributed by atoms with van der Waals surface area (Å²) in [6, 6.07) is 1.96. The summed E-state index contributed by atoms with van der Waals surface area (Å²) in [7, 11) is -0.922. The van der Waals surface area contributed by atoms with Crippen molar-refractivity contribution >= 4 is 23.1 Å². The summed E-state index contributed by atoms with van der Waals surface area (Å²) in [5, 5.41) is 0. The second-order valence-electron chi connectivity index (χ2n) is 3.25. The molecule has 70 valence electrons. The Morgan fingerprint density at radius 3 is 2.69 bits per heavy atom. The Morgan fingerprint density at radius 2 is 2.15 bits per heavy atom. The maximum Gasteiger partial charge on any atom is 0.147 e. The van der Waals surface area contributed by atoms with E-state index in [0.717, 1.165) is 11.0 Å². The van der Waals surface area contributed by atoms with E-state index in [0.29, 0.717) is 6.42 Å². The van der Waals surface area contributed by atoms with Crippen LogP contribution in [-0.4, -0.2) is 33.3 Å². The average Bonchev–Trinajstić information content (AvgIpc) is 2.00. The Balaban J connectivity index is 2.65. The van der Waals surface area contributed by atoms with E-state index >= 15 is 0 Å². The molecule has 0 aromatic carbocycles. The maximum absolute atomic E-state index is 10.9. The van der Waals surface area contributed by atoms with Crippen molar-refractivity contribution in [3.05, 3.63) is 24.0 Å². The normalized spacial score (nSPS) is 11.5. The van der Waals surface area contributed by atoms with Crippen LogP contribution in [0.25, 0.3) is 0 Å². The molecule has 13 heavy (non-hydrogen) atoms. The van der Waals surface area contributed by atoms with E-state index < -0.39 is 9.84 Å². The first-order chi connectivity index (χ1) is 5.97. The zero-order valence-electron chi connectivity index (χ0n) is 7.82. The lowest BCUT2D eigenvalue weighted by atomic mass is 9.97. The number of pyridine rings is 1. The summed E-state index contributed by atoms with van der Waals surface area (Å²) < 4.78 is 21.7. The SMILES string of the molecule is Bc1cncc(CCS(C)(=O)=O)c1. The molecular weight excluding hydrogens is 185 g/mol. The van der Waals surface area contributed by atoms with Gasteiger partial charge in [-0.2, -0.15) is 0 Å². The van der Waals surface area contributed by atoms with Crippen molar-refractivity contribution in [3.8, 4) is 0 Å². The maximum atomic E-state index is 10.9. The van der Waals surface area contributed by atoms with Gasteiger partial charge in [0.25, 0.3) is 0 Å². The fourth-order valence-electron chi connectivity index (χ4n) is 1.06. The minimum Gasteiger partial charge on any atom is -0.265 e. The van der Waals surface area contributed by atoms with Gasteiger partial charge in [-0.15, -0.1) is 0 Å². The van der Waals surface area contributed by atoms with E-state index in [1.54, 1.807) is 12.4 Å². The number of aryl methyl sites for hydroxylation is 1. The Labute approximate surface area is 79.5 Å². The average molecular weight is 197 g/mol. The molecule has 0 amide bonds. The molecule has 0 aliphatic heterocycles. The highest BCUT2D eigenvalue weighted by molar-refractivity contribution is 7.90. The zero-order valence-corrected chi connectivity index (χ0v) is 8.63. The molecule has 1 heterocycles. The molecule has 0 saturated heterocycles. The van der Waals surface area contributed by atoms with E-state index in [9.17, 15) is 8.42 Å². The molecule has 0 radical (unpaired) electrons. The molecule has 0 bridgehead atoms. The molecule has 5 heteroatoms. The van der Waals surface area contributed by atoms with Crippen LogP contribution in [0.5, 0.6) is 0 Å². The van der Waals surface area contributed by atoms with E-state index in [4.69, 9.17) is 0 Å². The van der Waals surface area contributed by atoms with E-state index in [-0.39, 0.29) is 5.75 Å². The number of rotatable bonds is 3. The van der Waals surface area contributed by atoms with Gasteiger partial charge in [0, 0.05) is 18.6 Å². The lowest BCUT2D eigenvalue weighted by Gasteiger charge is -2.00. The summed E-state index contributed by atoms with van der Waals surface area (Å²) in [5.41, 5.74) is 2.04. The molecule has 0 fully saturated rings. The Morgan fingerprint density at radius 1 is 1.46 bits per heavy atom. The summed E-state index contributed by atoms with van der Waals surface area (Å²) in [4.78, 5) is 3.99. The van der Waals surface area contributed by atoms with Gasteiger partial charge in [-0.05, 0) is 12.0 Å². The van der Waals surface area contributed by atoms with Gasteiger partial charge in [0.1, 0.15) is 17.7 Å². The van der Waals surface area contributed by atoms with Gasteiger partial charge >= 0.3 is 0 Å². The first-order valence-electron chi connectivity index (χ1n) is 4.05. The summed E-state index contributed by atoms with van der Waals surface area (Å²) in [6.07, 6.45) is 5.26. The van der Waals surface area contributed by atoms with Crippen LogP contribution in [0.15, 0.2) is 18.5 Å². The Hall–Kier alpha value is -0.835. The van der Waals surface area contributed by atoms with Crippen LogP contribution in [0.4, 0.5) is 0 Å². The first kappa shape index (κ1) is 10.2. The fraction of sp³-hybridized carbons (Fsp3) is 0.375. The van der Waals surface area contributed by atoms with Gasteiger partial charge in [-0.1, -0.05) is 11.5 Å². The van der Waals surface area contributed by atoms with Crippen molar-refractivity contribution in [2.24, 2.45) is 0 Å². The van der Waals surface area contributed by atoms with Crippen LogP contribution in [-0.2, 0) is 16.3 Å². The standard InChI is InChI=1S/C8H12BNO2S/c1-13(11,12)3-2-7-4-8(9)6-10-5-7/h4-6H,2-3,9H2,1H3. The lowest BCUT2D eigenvalue weighted by molar-refractivity contribution is 0.601. The third kappa shape index (κ3) is 4.08. The molecule has 3 nitrogen and oxygen atoms in total. The highest BCUT2D eigenvalue weighted by Crippen LogP contribution is 1.97. The molecule has 0 saturated carbocycles. The van der Waals surface area contributed by atoms with Gasteiger partial charge in [0.05, 0.1) is 5.75 Å². The van der Waals surface area contributed by atoms with Crippen LogP contribution >= 0.6 is 0 Å². The topological polar surface area (TPSA) is 47.0 Å². The molecule has 0 aliphatic rings. The minimum absolute atomic E-state index is 0.193. The summed E-state index contributed by atoms with van der Waals surface area (Å²) >= 11 is 0. The molecular formula is C8H12BNO2S. The van der Waals surface area contributed by atoms with Gasteiger partial charge in [0.15, 0.2) is 0 Å². The highest BCUT2D eigenvalue weighted by atomic mass is 32.2. The van der Waals surface area contributed by atoms with Crippen LogP contribution in [0.3, 0.4) is 0 Å². The largest absolute Gasteiger partial charge is 0.265 e. The van der Waals surface area contributed by atoms with Crippen molar-refractivity contribution in [1.82, 2.24) is 4.98 Å². The third-order valence-corrected chi connectivity index (χ3v) is 2.64. The van der Waals surface area contributed by atoms with E-state index in [1.807, 2.05) is 13.9 Å². The van der Waals surface area contributed by atoms with Gasteiger partial charge < -0.3 is 0 Å². The van der Waals surface area contributed by atoms with Crippen LogP contribution in [0.2, 0.25) is 0 Å². The van der Waals surface area contributed by atoms with Gasteiger partial charge in [0.2, 0.25) is 0 Å². The Kier molecular flexibility index (Phi) is 3.09. The second-order valence-corrected chi connectivity index (χ2v) is 5.51. The monoisotopic (exact) mass is 197 g/mol. The van der Waals surface area contributed by atoms with Crippen LogP contribution < -0.4 is 5.46 Å². The second kappa shape index (κ2) is 3.92. The minimum atomic E-state index is -2.86. The molecule has 0 spiro atoms. The van der Waals surface area contributed by atoms with Gasteiger partial charge in [-0.3, -0.25) is 4.98 Å². The predicted octanol–water partition coefficient (Wildman–Crippen LogP) is -1.07. The van der Waals surface area contributed by atoms with Crippen molar-refractivity contribution in [1.29, 1.82) is 0 Å². The predicted molar refractivity (Wildman–Crippen MR) is 55.8 cm³/mol. The van der Waals surface area contributed by atoms with E-state index in [1.165, 1.54) is 6.26 Å². The molecule has 0 N–H and O–H groups in total. The highest BCUT2D eigenvalue weighted by Gasteiger charge is 2.02. The van der Waals surface area contributed by atoms with Crippen molar-refractivity contribution in [3.63, 3.8) is 0 Å². The molecule has 0 unspecified atom stereocenters. The molecule has 0 atom stereocenters. The smallest absolute Gasteiger partial charge is 0.147 e. The number of nitrogens with zero attached hydrogens (tertiary/aromatic N) is 1. The van der Waals surface area contributed by atoms with Crippen LogP contribution in [0.1, 0.15) is 5.56 Å². The lowest BCUT2D eigenvalue weighted by Crippen LogP contribution is -2.09. The molecule has 1 rings (SSSR count). The first-order valence-corrected chi connectivity index (χ1v) is 6.12.